The van der Waals surface area contributed by atoms with Gasteiger partial charge in [0.15, 0.2) is 0 Å². The zero-order chi connectivity index (χ0) is 15.9. The molecule has 4 atom stereocenters. The molecule has 4 nitrogen and oxygen atoms in total. The van der Waals surface area contributed by atoms with E-state index in [0.29, 0.717) is 22.9 Å². The van der Waals surface area contributed by atoms with Gasteiger partial charge in [-0.3, -0.25) is 9.59 Å². The summed E-state index contributed by atoms with van der Waals surface area (Å²) in [7, 11) is 0. The Morgan fingerprint density at radius 1 is 1.09 bits per heavy atom. The largest absolute Gasteiger partial charge is 0.481 e. The van der Waals surface area contributed by atoms with Crippen molar-refractivity contribution in [1.82, 2.24) is 5.32 Å². The lowest BCUT2D eigenvalue weighted by Gasteiger charge is -2.12. The predicted octanol–water partition coefficient (Wildman–Crippen LogP) is 3.47. The third-order valence-electron chi connectivity index (χ3n) is 4.57. The van der Waals surface area contributed by atoms with Gasteiger partial charge in [0.2, 0.25) is 5.91 Å². The number of carboxylic acid groups (broad SMARTS) is 1. The summed E-state index contributed by atoms with van der Waals surface area (Å²) in [4.78, 5) is 23.2. The number of carbonyl (C=O) groups excluding carboxylic acids is 1. The third-order valence-corrected chi connectivity index (χ3v) is 5.00. The Morgan fingerprint density at radius 2 is 1.77 bits per heavy atom. The van der Waals surface area contributed by atoms with Crippen LogP contribution < -0.4 is 5.32 Å². The summed E-state index contributed by atoms with van der Waals surface area (Å²) >= 11 is 12.0. The first-order valence-electron chi connectivity index (χ1n) is 7.43. The maximum absolute atomic E-state index is 12.3. The summed E-state index contributed by atoms with van der Waals surface area (Å²) in [5.41, 5.74) is 0.993. The Labute approximate surface area is 138 Å². The molecule has 22 heavy (non-hydrogen) atoms. The van der Waals surface area contributed by atoms with Crippen LogP contribution in [0.2, 0.25) is 10.0 Å². The number of benzene rings is 1. The maximum Gasteiger partial charge on any atom is 0.306 e. The van der Waals surface area contributed by atoms with Gasteiger partial charge in [-0.2, -0.15) is 0 Å². The van der Waals surface area contributed by atoms with Gasteiger partial charge in [-0.05, 0) is 55.4 Å². The highest BCUT2D eigenvalue weighted by atomic mass is 35.5. The number of hydrogen-bond donors (Lipinski definition) is 2. The summed E-state index contributed by atoms with van der Waals surface area (Å²) in [5, 5.41) is 13.1. The molecule has 2 unspecified atom stereocenters. The molecule has 3 rings (SSSR count). The van der Waals surface area contributed by atoms with Gasteiger partial charge in [-0.15, -0.1) is 0 Å². The van der Waals surface area contributed by atoms with Crippen molar-refractivity contribution in [2.45, 2.75) is 37.6 Å². The summed E-state index contributed by atoms with van der Waals surface area (Å²) < 4.78 is 0. The van der Waals surface area contributed by atoms with E-state index in [1.807, 2.05) is 12.1 Å². The van der Waals surface area contributed by atoms with E-state index in [0.717, 1.165) is 18.4 Å². The lowest BCUT2D eigenvalue weighted by molar-refractivity contribution is -0.141. The maximum atomic E-state index is 12.3. The quantitative estimate of drug-likeness (QED) is 0.881. The predicted molar refractivity (Wildman–Crippen MR) is 84.2 cm³/mol. The minimum atomic E-state index is -0.769. The van der Waals surface area contributed by atoms with Crippen molar-refractivity contribution in [2.24, 2.45) is 11.8 Å². The molecule has 118 valence electrons. The van der Waals surface area contributed by atoms with Gasteiger partial charge < -0.3 is 10.4 Å². The monoisotopic (exact) mass is 341 g/mol. The van der Waals surface area contributed by atoms with E-state index in [9.17, 15) is 9.59 Å². The molecule has 6 heteroatoms. The lowest BCUT2D eigenvalue weighted by atomic mass is 10.1. The smallest absolute Gasteiger partial charge is 0.306 e. The highest BCUT2D eigenvalue weighted by Crippen LogP contribution is 2.48. The molecule has 2 aliphatic carbocycles. The fraction of sp³-hybridized carbons (Fsp3) is 0.500. The molecule has 0 aliphatic heterocycles. The fourth-order valence-electron chi connectivity index (χ4n) is 3.29. The first-order valence-corrected chi connectivity index (χ1v) is 8.19. The van der Waals surface area contributed by atoms with Gasteiger partial charge in [-0.25, -0.2) is 0 Å². The number of hydrogen-bond acceptors (Lipinski definition) is 2. The topological polar surface area (TPSA) is 66.4 Å². The van der Waals surface area contributed by atoms with Gasteiger partial charge in [0.1, 0.15) is 0 Å². The van der Waals surface area contributed by atoms with Gasteiger partial charge in [0.25, 0.3) is 0 Å². The van der Waals surface area contributed by atoms with Crippen LogP contribution in [0.3, 0.4) is 0 Å². The number of nitrogens with one attached hydrogen (secondary N) is 1. The molecule has 2 N–H and O–H groups in total. The van der Waals surface area contributed by atoms with E-state index in [1.54, 1.807) is 6.07 Å². The lowest BCUT2D eigenvalue weighted by Crippen LogP contribution is -2.34. The van der Waals surface area contributed by atoms with Crippen molar-refractivity contribution < 1.29 is 14.7 Å². The van der Waals surface area contributed by atoms with Gasteiger partial charge in [0.05, 0.1) is 5.92 Å². The normalized spacial score (nSPS) is 30.1. The standard InChI is InChI=1S/C16H17Cl2NO3/c17-10-3-9(4-11(18)6-10)13-7-14(13)15(20)19-12-2-1-8(5-12)16(21)22/h3-4,6,8,12-14H,1-2,5,7H2,(H,19,20)(H,21,22)/t8-,12+,13?,14?/m1/s1. The van der Waals surface area contributed by atoms with Crippen LogP contribution in [0.5, 0.6) is 0 Å². The molecule has 2 fully saturated rings. The van der Waals surface area contributed by atoms with Crippen LogP contribution >= 0.6 is 23.2 Å². The minimum absolute atomic E-state index is 0.0112. The van der Waals surface area contributed by atoms with E-state index >= 15 is 0 Å². The summed E-state index contributed by atoms with van der Waals surface area (Å²) in [6, 6.07) is 5.36. The van der Waals surface area contributed by atoms with Crippen LogP contribution in [0.1, 0.15) is 37.2 Å². The fourth-order valence-corrected chi connectivity index (χ4v) is 3.83. The second-order valence-electron chi connectivity index (χ2n) is 6.21. The van der Waals surface area contributed by atoms with Gasteiger partial charge >= 0.3 is 5.97 Å². The summed E-state index contributed by atoms with van der Waals surface area (Å²) in [6.45, 7) is 0. The van der Waals surface area contributed by atoms with E-state index in [1.165, 1.54) is 0 Å². The molecule has 2 aliphatic rings. The SMILES string of the molecule is O=C(N[C@H]1CC[C@@H](C(=O)O)C1)C1CC1c1cc(Cl)cc(Cl)c1. The molecule has 0 radical (unpaired) electrons. The van der Waals surface area contributed by atoms with Crippen LogP contribution in [0.4, 0.5) is 0 Å². The summed E-state index contributed by atoms with van der Waals surface area (Å²) in [6.07, 6.45) is 2.69. The van der Waals surface area contributed by atoms with Crippen molar-refractivity contribution >= 4 is 35.1 Å². The molecule has 0 aromatic heterocycles. The number of rotatable bonds is 4. The Bertz CT molecular complexity index is 599. The van der Waals surface area contributed by atoms with Gasteiger partial charge in [0, 0.05) is 22.0 Å². The van der Waals surface area contributed by atoms with E-state index in [4.69, 9.17) is 28.3 Å². The highest BCUT2D eigenvalue weighted by Gasteiger charge is 2.45. The number of carbonyl (C=O) groups is 2. The zero-order valence-corrected chi connectivity index (χ0v) is 13.4. The van der Waals surface area contributed by atoms with Crippen molar-refractivity contribution in [3.63, 3.8) is 0 Å². The van der Waals surface area contributed by atoms with Crippen molar-refractivity contribution in [2.75, 3.05) is 0 Å². The molecule has 2 saturated carbocycles. The number of carboxylic acids is 1. The molecule has 1 aromatic carbocycles. The van der Waals surface area contributed by atoms with E-state index < -0.39 is 5.97 Å². The van der Waals surface area contributed by atoms with Crippen LogP contribution in [0.15, 0.2) is 18.2 Å². The molecule has 0 heterocycles. The second-order valence-corrected chi connectivity index (χ2v) is 7.08. The Morgan fingerprint density at radius 3 is 2.36 bits per heavy atom. The summed E-state index contributed by atoms with van der Waals surface area (Å²) in [5.74, 6) is -0.981. The Kier molecular flexibility index (Phi) is 4.33. The second kappa shape index (κ2) is 6.09. The number of aliphatic carboxylic acids is 1. The van der Waals surface area contributed by atoms with Crippen LogP contribution in [0.25, 0.3) is 0 Å². The zero-order valence-electron chi connectivity index (χ0n) is 11.9. The minimum Gasteiger partial charge on any atom is -0.481 e. The third kappa shape index (κ3) is 3.39. The highest BCUT2D eigenvalue weighted by molar-refractivity contribution is 6.34. The molecule has 1 amide bonds. The van der Waals surface area contributed by atoms with E-state index in [2.05, 4.69) is 5.32 Å². The Balaban J connectivity index is 1.56. The number of halogens is 2. The van der Waals surface area contributed by atoms with Crippen molar-refractivity contribution in [3.05, 3.63) is 33.8 Å². The van der Waals surface area contributed by atoms with Gasteiger partial charge in [-0.1, -0.05) is 23.2 Å². The molecular formula is C16H17Cl2NO3. The van der Waals surface area contributed by atoms with Crippen LogP contribution in [-0.2, 0) is 9.59 Å². The average molecular weight is 342 g/mol. The first-order chi connectivity index (χ1) is 10.4. The molecule has 0 spiro atoms. The van der Waals surface area contributed by atoms with E-state index in [-0.39, 0.29) is 29.7 Å². The molecule has 0 bridgehead atoms. The molecular weight excluding hydrogens is 325 g/mol. The molecule has 0 saturated heterocycles. The van der Waals surface area contributed by atoms with Crippen molar-refractivity contribution in [3.8, 4) is 0 Å². The number of amides is 1. The average Bonchev–Trinajstić information content (AvgIpc) is 3.10. The molecule has 1 aromatic rings. The Hall–Kier alpha value is -1.26. The van der Waals surface area contributed by atoms with Crippen LogP contribution in [0, 0.1) is 11.8 Å². The van der Waals surface area contributed by atoms with Crippen molar-refractivity contribution in [1.29, 1.82) is 0 Å². The van der Waals surface area contributed by atoms with Crippen LogP contribution in [-0.4, -0.2) is 23.0 Å². The first kappa shape index (κ1) is 15.6.